The molecule has 0 saturated heterocycles. The third kappa shape index (κ3) is 2.84. The Morgan fingerprint density at radius 2 is 2.09 bits per heavy atom. The lowest BCUT2D eigenvalue weighted by molar-refractivity contribution is -0.137. The minimum absolute atomic E-state index is 0.0947. The van der Waals surface area contributed by atoms with Crippen LogP contribution >= 0.6 is 0 Å². The summed E-state index contributed by atoms with van der Waals surface area (Å²) in [5.41, 5.74) is 0.0888. The molecule has 7 heteroatoms. The average Bonchev–Trinajstić information content (AvgIpc) is 3.16. The summed E-state index contributed by atoms with van der Waals surface area (Å²) in [5.74, 6) is -0.112. The number of nitrogens with zero attached hydrogens (tertiary/aromatic N) is 1. The molecule has 3 rings (SSSR count). The number of carbonyl (C=O) groups excluding carboxylic acids is 1. The van der Waals surface area contributed by atoms with Gasteiger partial charge >= 0.3 is 6.18 Å². The molecule has 1 aromatic heterocycles. The number of alkyl halides is 3. The SMILES string of the molecule is Cc1c(NC(=O)C2CC2)cc(C(F)(F)F)cc1-c1cnco1. The van der Waals surface area contributed by atoms with E-state index >= 15 is 0 Å². The van der Waals surface area contributed by atoms with Gasteiger partial charge in [-0.15, -0.1) is 0 Å². The van der Waals surface area contributed by atoms with Crippen molar-refractivity contribution in [3.8, 4) is 11.3 Å². The number of benzene rings is 1. The predicted octanol–water partition coefficient (Wildman–Crippen LogP) is 4.02. The highest BCUT2D eigenvalue weighted by Crippen LogP contribution is 2.38. The van der Waals surface area contributed by atoms with E-state index in [1.54, 1.807) is 6.92 Å². The van der Waals surface area contributed by atoms with E-state index in [9.17, 15) is 18.0 Å². The Morgan fingerprint density at radius 3 is 2.64 bits per heavy atom. The highest BCUT2D eigenvalue weighted by Gasteiger charge is 2.34. The standard InChI is InChI=1S/C15H13F3N2O2/c1-8-11(13-6-19-7-22-13)4-10(15(16,17)18)5-12(8)20-14(21)9-2-3-9/h4-7,9H,2-3H2,1H3,(H,20,21). The summed E-state index contributed by atoms with van der Waals surface area (Å²) in [4.78, 5) is 15.6. The molecule has 1 aliphatic rings. The zero-order chi connectivity index (χ0) is 15.9. The molecule has 1 saturated carbocycles. The summed E-state index contributed by atoms with van der Waals surface area (Å²) >= 11 is 0. The average molecular weight is 310 g/mol. The monoisotopic (exact) mass is 310 g/mol. The molecule has 2 aromatic rings. The molecule has 0 radical (unpaired) electrons. The van der Waals surface area contributed by atoms with Crippen molar-refractivity contribution in [2.24, 2.45) is 5.92 Å². The summed E-state index contributed by atoms with van der Waals surface area (Å²) in [6.07, 6.45) is -0.467. The third-order valence-electron chi connectivity index (χ3n) is 3.64. The second-order valence-electron chi connectivity index (χ2n) is 5.32. The first kappa shape index (κ1) is 14.6. The molecule has 1 heterocycles. The Hall–Kier alpha value is -2.31. The zero-order valence-electron chi connectivity index (χ0n) is 11.7. The number of carbonyl (C=O) groups is 1. The van der Waals surface area contributed by atoms with Gasteiger partial charge in [-0.1, -0.05) is 0 Å². The maximum Gasteiger partial charge on any atom is 0.416 e. The second-order valence-corrected chi connectivity index (χ2v) is 5.32. The van der Waals surface area contributed by atoms with E-state index < -0.39 is 11.7 Å². The number of anilines is 1. The van der Waals surface area contributed by atoms with Crippen molar-refractivity contribution >= 4 is 11.6 Å². The smallest absolute Gasteiger partial charge is 0.416 e. The van der Waals surface area contributed by atoms with Gasteiger partial charge in [0.05, 0.1) is 11.8 Å². The zero-order valence-corrected chi connectivity index (χ0v) is 11.7. The largest absolute Gasteiger partial charge is 0.444 e. The van der Waals surface area contributed by atoms with Crippen LogP contribution < -0.4 is 5.32 Å². The van der Waals surface area contributed by atoms with Crippen molar-refractivity contribution in [2.75, 3.05) is 5.32 Å². The van der Waals surface area contributed by atoms with E-state index in [1.165, 1.54) is 6.20 Å². The van der Waals surface area contributed by atoms with Crippen molar-refractivity contribution in [3.63, 3.8) is 0 Å². The summed E-state index contributed by atoms with van der Waals surface area (Å²) in [6, 6.07) is 1.96. The maximum atomic E-state index is 13.1. The molecule has 1 aromatic carbocycles. The lowest BCUT2D eigenvalue weighted by Gasteiger charge is -2.15. The Morgan fingerprint density at radius 1 is 1.36 bits per heavy atom. The molecule has 0 aliphatic heterocycles. The second kappa shape index (κ2) is 5.15. The highest BCUT2D eigenvalue weighted by molar-refractivity contribution is 5.95. The van der Waals surface area contributed by atoms with Crippen molar-refractivity contribution in [2.45, 2.75) is 25.9 Å². The van der Waals surface area contributed by atoms with Gasteiger partial charge < -0.3 is 9.73 Å². The summed E-state index contributed by atoms with van der Waals surface area (Å²) in [6.45, 7) is 1.64. The highest BCUT2D eigenvalue weighted by atomic mass is 19.4. The minimum Gasteiger partial charge on any atom is -0.444 e. The first-order valence-electron chi connectivity index (χ1n) is 6.78. The van der Waals surface area contributed by atoms with Crippen LogP contribution in [0.5, 0.6) is 0 Å². The van der Waals surface area contributed by atoms with Gasteiger partial charge in [0.15, 0.2) is 12.2 Å². The third-order valence-corrected chi connectivity index (χ3v) is 3.64. The fraction of sp³-hybridized carbons (Fsp3) is 0.333. The van der Waals surface area contributed by atoms with E-state index in [2.05, 4.69) is 10.3 Å². The van der Waals surface area contributed by atoms with Gasteiger partial charge in [0.2, 0.25) is 5.91 Å². The van der Waals surface area contributed by atoms with E-state index in [0.29, 0.717) is 5.56 Å². The Labute approximate surface area is 124 Å². The van der Waals surface area contributed by atoms with E-state index in [0.717, 1.165) is 31.4 Å². The van der Waals surface area contributed by atoms with Crippen LogP contribution in [0.3, 0.4) is 0 Å². The van der Waals surface area contributed by atoms with Crippen LogP contribution in [-0.2, 0) is 11.0 Å². The first-order chi connectivity index (χ1) is 10.4. The van der Waals surface area contributed by atoms with E-state index in [1.807, 2.05) is 0 Å². The number of hydrogen-bond donors (Lipinski definition) is 1. The van der Waals surface area contributed by atoms with Crippen LogP contribution in [0, 0.1) is 12.8 Å². The lowest BCUT2D eigenvalue weighted by Crippen LogP contribution is -2.16. The Kier molecular flexibility index (Phi) is 3.42. The molecule has 0 spiro atoms. The van der Waals surface area contributed by atoms with Gasteiger partial charge in [-0.2, -0.15) is 13.2 Å². The number of nitrogens with one attached hydrogen (secondary N) is 1. The van der Waals surface area contributed by atoms with Gasteiger partial charge in [-0.05, 0) is 37.5 Å². The number of hydrogen-bond acceptors (Lipinski definition) is 3. The molecule has 1 aliphatic carbocycles. The lowest BCUT2D eigenvalue weighted by atomic mass is 10.0. The molecule has 1 N–H and O–H groups in total. The molecule has 1 amide bonds. The molecular formula is C15H13F3N2O2. The number of oxazole rings is 1. The van der Waals surface area contributed by atoms with Gasteiger partial charge in [0.1, 0.15) is 0 Å². The molecule has 0 bridgehead atoms. The van der Waals surface area contributed by atoms with Crippen molar-refractivity contribution < 1.29 is 22.4 Å². The minimum atomic E-state index is -4.51. The quantitative estimate of drug-likeness (QED) is 0.931. The number of rotatable bonds is 3. The van der Waals surface area contributed by atoms with Crippen LogP contribution in [0.15, 0.2) is 29.1 Å². The van der Waals surface area contributed by atoms with Crippen molar-refractivity contribution in [1.29, 1.82) is 0 Å². The first-order valence-corrected chi connectivity index (χ1v) is 6.78. The van der Waals surface area contributed by atoms with Gasteiger partial charge in [0.25, 0.3) is 0 Å². The van der Waals surface area contributed by atoms with Crippen LogP contribution in [0.2, 0.25) is 0 Å². The maximum absolute atomic E-state index is 13.1. The molecule has 22 heavy (non-hydrogen) atoms. The molecule has 0 unspecified atom stereocenters. The van der Waals surface area contributed by atoms with E-state index in [4.69, 9.17) is 4.42 Å². The van der Waals surface area contributed by atoms with Crippen molar-refractivity contribution in [1.82, 2.24) is 4.98 Å². The normalized spacial score (nSPS) is 14.9. The Balaban J connectivity index is 2.07. The number of amides is 1. The topological polar surface area (TPSA) is 55.1 Å². The van der Waals surface area contributed by atoms with E-state index in [-0.39, 0.29) is 28.8 Å². The van der Waals surface area contributed by atoms with Crippen LogP contribution in [0.25, 0.3) is 11.3 Å². The Bertz CT molecular complexity index is 704. The van der Waals surface area contributed by atoms with Gasteiger partial charge in [0, 0.05) is 17.2 Å². The molecule has 116 valence electrons. The number of halogens is 3. The summed E-state index contributed by atoms with van der Waals surface area (Å²) in [7, 11) is 0. The predicted molar refractivity (Wildman–Crippen MR) is 73.0 cm³/mol. The molecule has 4 nitrogen and oxygen atoms in total. The fourth-order valence-electron chi connectivity index (χ4n) is 2.19. The van der Waals surface area contributed by atoms with Gasteiger partial charge in [-0.25, -0.2) is 4.98 Å². The fourth-order valence-corrected chi connectivity index (χ4v) is 2.19. The molecule has 0 atom stereocenters. The van der Waals surface area contributed by atoms with Crippen LogP contribution in [0.4, 0.5) is 18.9 Å². The number of aromatic nitrogens is 1. The van der Waals surface area contributed by atoms with Crippen LogP contribution in [0.1, 0.15) is 24.0 Å². The molecule has 1 fully saturated rings. The molecular weight excluding hydrogens is 297 g/mol. The van der Waals surface area contributed by atoms with Gasteiger partial charge in [-0.3, -0.25) is 4.79 Å². The summed E-state index contributed by atoms with van der Waals surface area (Å²) < 4.78 is 44.3. The van der Waals surface area contributed by atoms with Crippen molar-refractivity contribution in [3.05, 3.63) is 35.9 Å². The van der Waals surface area contributed by atoms with Crippen LogP contribution in [-0.4, -0.2) is 10.9 Å². The summed E-state index contributed by atoms with van der Waals surface area (Å²) in [5, 5.41) is 2.59.